The Bertz CT molecular complexity index is 99.1. The highest BCUT2D eigenvalue weighted by Crippen LogP contribution is 2.09. The van der Waals surface area contributed by atoms with Crippen molar-refractivity contribution in [2.75, 3.05) is 13.1 Å². The lowest BCUT2D eigenvalue weighted by Crippen LogP contribution is -2.15. The van der Waals surface area contributed by atoms with Gasteiger partial charge in [0.2, 0.25) is 0 Å². The van der Waals surface area contributed by atoms with Crippen LogP contribution in [0, 0.1) is 11.3 Å². The summed E-state index contributed by atoms with van der Waals surface area (Å²) in [5, 5.41) is 7.39. The monoisotopic (exact) mass is 112 g/mol. The summed E-state index contributed by atoms with van der Waals surface area (Å²) in [6.07, 6.45) is 0. The van der Waals surface area contributed by atoms with Gasteiger partial charge in [-0.3, -0.25) is 5.41 Å². The molecule has 1 saturated heterocycles. The van der Waals surface area contributed by atoms with Gasteiger partial charge >= 0.3 is 0 Å². The summed E-state index contributed by atoms with van der Waals surface area (Å²) < 4.78 is 0. The highest BCUT2D eigenvalue weighted by atomic mass is 15.3. The largest absolute Gasteiger partial charge is 0.357 e. The Hall–Kier alpha value is -0.530. The van der Waals surface area contributed by atoms with Crippen LogP contribution in [0.5, 0.6) is 0 Å². The molecule has 0 radical (unpaired) electrons. The Kier molecular flexibility index (Phi) is 1.24. The Morgan fingerprint density at radius 3 is 2.12 bits per heavy atom. The summed E-state index contributed by atoms with van der Waals surface area (Å²) in [6, 6.07) is 0. The van der Waals surface area contributed by atoms with Gasteiger partial charge in [-0.25, -0.2) is 0 Å². The standard InChI is InChI=1S/C6H12N2/c1-5(2)6(7)8-3-4-8/h5,7H,3-4H2,1-2H3. The van der Waals surface area contributed by atoms with E-state index in [0.717, 1.165) is 18.9 Å². The molecule has 1 aliphatic heterocycles. The lowest BCUT2D eigenvalue weighted by Gasteiger charge is -2.06. The van der Waals surface area contributed by atoms with Crippen molar-refractivity contribution < 1.29 is 0 Å². The first kappa shape index (κ1) is 5.60. The molecule has 0 atom stereocenters. The van der Waals surface area contributed by atoms with E-state index in [1.165, 1.54) is 0 Å². The molecule has 0 aromatic rings. The second-order valence-corrected chi connectivity index (χ2v) is 2.53. The van der Waals surface area contributed by atoms with Crippen LogP contribution in [0.4, 0.5) is 0 Å². The van der Waals surface area contributed by atoms with Crippen molar-refractivity contribution in [2.45, 2.75) is 13.8 Å². The first-order chi connectivity index (χ1) is 3.72. The van der Waals surface area contributed by atoms with E-state index in [1.54, 1.807) is 0 Å². The highest BCUT2D eigenvalue weighted by molar-refractivity contribution is 5.82. The molecule has 0 unspecified atom stereocenters. The van der Waals surface area contributed by atoms with Gasteiger partial charge in [-0.1, -0.05) is 13.8 Å². The van der Waals surface area contributed by atoms with Crippen molar-refractivity contribution in [3.8, 4) is 0 Å². The van der Waals surface area contributed by atoms with Crippen LogP contribution in [0.2, 0.25) is 0 Å². The Balaban J connectivity index is 2.33. The predicted molar refractivity (Wildman–Crippen MR) is 34.1 cm³/mol. The van der Waals surface area contributed by atoms with Crippen molar-refractivity contribution in [3.05, 3.63) is 0 Å². The minimum absolute atomic E-state index is 0.414. The smallest absolute Gasteiger partial charge is 0.0985 e. The molecule has 0 aromatic carbocycles. The Labute approximate surface area is 50.0 Å². The fraction of sp³-hybridized carbons (Fsp3) is 0.833. The molecule has 0 aromatic heterocycles. The van der Waals surface area contributed by atoms with Gasteiger partial charge in [-0.15, -0.1) is 0 Å². The number of nitrogens with zero attached hydrogens (tertiary/aromatic N) is 1. The fourth-order valence-corrected chi connectivity index (χ4v) is 0.656. The molecule has 1 N–H and O–H groups in total. The third kappa shape index (κ3) is 0.997. The van der Waals surface area contributed by atoms with Crippen LogP contribution in [-0.2, 0) is 0 Å². The molecule has 0 saturated carbocycles. The normalized spacial score (nSPS) is 17.1. The Morgan fingerprint density at radius 1 is 1.50 bits per heavy atom. The first-order valence-electron chi connectivity index (χ1n) is 3.05. The van der Waals surface area contributed by atoms with Crippen molar-refractivity contribution >= 4 is 5.84 Å². The lowest BCUT2D eigenvalue weighted by molar-refractivity contribution is 0.715. The quantitative estimate of drug-likeness (QED) is 0.305. The molecule has 1 heterocycles. The maximum absolute atomic E-state index is 7.39. The summed E-state index contributed by atoms with van der Waals surface area (Å²) in [7, 11) is 0. The molecule has 0 bridgehead atoms. The van der Waals surface area contributed by atoms with Crippen molar-refractivity contribution in [1.29, 1.82) is 5.41 Å². The van der Waals surface area contributed by atoms with Gasteiger partial charge < -0.3 is 4.90 Å². The van der Waals surface area contributed by atoms with Crippen LogP contribution in [0.1, 0.15) is 13.8 Å². The van der Waals surface area contributed by atoms with E-state index in [9.17, 15) is 0 Å². The minimum atomic E-state index is 0.414. The topological polar surface area (TPSA) is 26.9 Å². The van der Waals surface area contributed by atoms with Gasteiger partial charge in [0, 0.05) is 19.0 Å². The second-order valence-electron chi connectivity index (χ2n) is 2.53. The molecule has 46 valence electrons. The fourth-order valence-electron chi connectivity index (χ4n) is 0.656. The summed E-state index contributed by atoms with van der Waals surface area (Å²) in [4.78, 5) is 2.07. The highest BCUT2D eigenvalue weighted by Gasteiger charge is 2.21. The molecule has 0 spiro atoms. The van der Waals surface area contributed by atoms with E-state index in [2.05, 4.69) is 18.7 Å². The molecule has 1 aliphatic rings. The molecule has 2 heteroatoms. The molecule has 1 rings (SSSR count). The van der Waals surface area contributed by atoms with Crippen molar-refractivity contribution in [1.82, 2.24) is 4.90 Å². The Morgan fingerprint density at radius 2 is 2.00 bits per heavy atom. The van der Waals surface area contributed by atoms with Gasteiger partial charge in [0.05, 0.1) is 5.84 Å². The van der Waals surface area contributed by atoms with E-state index < -0.39 is 0 Å². The average Bonchev–Trinajstić information content (AvgIpc) is 2.43. The number of hydrogen-bond donors (Lipinski definition) is 1. The zero-order valence-corrected chi connectivity index (χ0v) is 5.44. The zero-order chi connectivity index (χ0) is 6.15. The van der Waals surface area contributed by atoms with Crippen LogP contribution in [-0.4, -0.2) is 23.8 Å². The predicted octanol–water partition coefficient (Wildman–Crippen LogP) is 0.935. The van der Waals surface area contributed by atoms with E-state index >= 15 is 0 Å². The maximum Gasteiger partial charge on any atom is 0.0985 e. The molecule has 1 fully saturated rings. The summed E-state index contributed by atoms with van der Waals surface area (Å²) in [5.74, 6) is 1.21. The summed E-state index contributed by atoms with van der Waals surface area (Å²) in [5.41, 5.74) is 0. The second kappa shape index (κ2) is 1.77. The van der Waals surface area contributed by atoms with Gasteiger partial charge in [0.15, 0.2) is 0 Å². The molecule has 2 nitrogen and oxygen atoms in total. The molecule has 0 aliphatic carbocycles. The van der Waals surface area contributed by atoms with Gasteiger partial charge in [-0.2, -0.15) is 0 Å². The van der Waals surface area contributed by atoms with Crippen LogP contribution in [0.3, 0.4) is 0 Å². The first-order valence-corrected chi connectivity index (χ1v) is 3.05. The van der Waals surface area contributed by atoms with Crippen LogP contribution in [0.25, 0.3) is 0 Å². The number of hydrogen-bond acceptors (Lipinski definition) is 1. The summed E-state index contributed by atoms with van der Waals surface area (Å²) in [6.45, 7) is 6.33. The molecular formula is C6H12N2. The van der Waals surface area contributed by atoms with Crippen molar-refractivity contribution in [3.63, 3.8) is 0 Å². The molecule has 8 heavy (non-hydrogen) atoms. The van der Waals surface area contributed by atoms with Gasteiger partial charge in [0.1, 0.15) is 0 Å². The SMILES string of the molecule is CC(C)C(=N)N1CC1. The third-order valence-corrected chi connectivity index (χ3v) is 1.33. The summed E-state index contributed by atoms with van der Waals surface area (Å²) >= 11 is 0. The average molecular weight is 112 g/mol. The van der Waals surface area contributed by atoms with Crippen LogP contribution in [0.15, 0.2) is 0 Å². The van der Waals surface area contributed by atoms with Gasteiger partial charge in [0.25, 0.3) is 0 Å². The lowest BCUT2D eigenvalue weighted by atomic mass is 10.2. The van der Waals surface area contributed by atoms with E-state index in [0.29, 0.717) is 5.92 Å². The van der Waals surface area contributed by atoms with Crippen molar-refractivity contribution in [2.24, 2.45) is 5.92 Å². The number of rotatable bonds is 1. The van der Waals surface area contributed by atoms with E-state index in [-0.39, 0.29) is 0 Å². The van der Waals surface area contributed by atoms with Crippen LogP contribution >= 0.6 is 0 Å². The molecular weight excluding hydrogens is 100 g/mol. The zero-order valence-electron chi connectivity index (χ0n) is 5.44. The number of nitrogens with one attached hydrogen (secondary N) is 1. The van der Waals surface area contributed by atoms with E-state index in [4.69, 9.17) is 5.41 Å². The van der Waals surface area contributed by atoms with E-state index in [1.807, 2.05) is 0 Å². The minimum Gasteiger partial charge on any atom is -0.357 e. The maximum atomic E-state index is 7.39. The molecule has 0 amide bonds. The van der Waals surface area contributed by atoms with Crippen LogP contribution < -0.4 is 0 Å². The number of amidine groups is 1. The third-order valence-electron chi connectivity index (χ3n) is 1.33. The van der Waals surface area contributed by atoms with Gasteiger partial charge in [-0.05, 0) is 0 Å².